The molecular formula is C14H18ClF2NO. The van der Waals surface area contributed by atoms with Gasteiger partial charge in [-0.3, -0.25) is 0 Å². The van der Waals surface area contributed by atoms with Crippen molar-refractivity contribution < 1.29 is 13.5 Å². The third-order valence-corrected chi connectivity index (χ3v) is 4.04. The Morgan fingerprint density at radius 2 is 2.16 bits per heavy atom. The number of nitrogens with one attached hydrogen (secondary N) is 1. The molecule has 1 aliphatic carbocycles. The molecule has 5 heteroatoms. The SMILES string of the molecule is CC1(C)CCCC1Nc1ccc(OC(F)F)c(Cl)c1. The first-order valence-electron chi connectivity index (χ1n) is 6.39. The van der Waals surface area contributed by atoms with Crippen molar-refractivity contribution in [3.63, 3.8) is 0 Å². The van der Waals surface area contributed by atoms with E-state index in [1.807, 2.05) is 0 Å². The first-order chi connectivity index (χ1) is 8.88. The molecule has 1 saturated carbocycles. The summed E-state index contributed by atoms with van der Waals surface area (Å²) in [5.41, 5.74) is 1.08. The predicted octanol–water partition coefficient (Wildman–Crippen LogP) is 4.93. The molecule has 1 fully saturated rings. The van der Waals surface area contributed by atoms with Crippen molar-refractivity contribution in [3.8, 4) is 5.75 Å². The molecule has 1 aromatic carbocycles. The monoisotopic (exact) mass is 289 g/mol. The van der Waals surface area contributed by atoms with Crippen molar-refractivity contribution >= 4 is 17.3 Å². The van der Waals surface area contributed by atoms with E-state index in [1.54, 1.807) is 12.1 Å². The van der Waals surface area contributed by atoms with Crippen LogP contribution in [0.15, 0.2) is 18.2 Å². The van der Waals surface area contributed by atoms with Crippen LogP contribution in [0.25, 0.3) is 0 Å². The molecule has 1 aliphatic rings. The lowest BCUT2D eigenvalue weighted by Crippen LogP contribution is -2.30. The first-order valence-corrected chi connectivity index (χ1v) is 6.77. The van der Waals surface area contributed by atoms with Crippen LogP contribution < -0.4 is 10.1 Å². The number of benzene rings is 1. The molecule has 0 aliphatic heterocycles. The third kappa shape index (κ3) is 3.50. The highest BCUT2D eigenvalue weighted by atomic mass is 35.5. The smallest absolute Gasteiger partial charge is 0.387 e. The van der Waals surface area contributed by atoms with E-state index in [0.29, 0.717) is 6.04 Å². The van der Waals surface area contributed by atoms with Gasteiger partial charge in [0.05, 0.1) is 5.02 Å². The fraction of sp³-hybridized carbons (Fsp3) is 0.571. The molecule has 2 nitrogen and oxygen atoms in total. The molecule has 0 radical (unpaired) electrons. The summed E-state index contributed by atoms with van der Waals surface area (Å²) in [4.78, 5) is 0. The molecule has 1 aromatic rings. The van der Waals surface area contributed by atoms with Crippen LogP contribution in [0, 0.1) is 5.41 Å². The number of hydrogen-bond donors (Lipinski definition) is 1. The van der Waals surface area contributed by atoms with Gasteiger partial charge < -0.3 is 10.1 Å². The molecule has 1 atom stereocenters. The summed E-state index contributed by atoms with van der Waals surface area (Å²) in [7, 11) is 0. The number of rotatable bonds is 4. The lowest BCUT2D eigenvalue weighted by atomic mass is 9.87. The predicted molar refractivity (Wildman–Crippen MR) is 73.1 cm³/mol. The van der Waals surface area contributed by atoms with Crippen LogP contribution in [-0.4, -0.2) is 12.7 Å². The van der Waals surface area contributed by atoms with Crippen LogP contribution in [0.4, 0.5) is 14.5 Å². The van der Waals surface area contributed by atoms with Gasteiger partial charge in [-0.25, -0.2) is 0 Å². The molecule has 19 heavy (non-hydrogen) atoms. The van der Waals surface area contributed by atoms with E-state index in [1.165, 1.54) is 18.9 Å². The second kappa shape index (κ2) is 5.53. The zero-order valence-electron chi connectivity index (χ0n) is 11.1. The summed E-state index contributed by atoms with van der Waals surface area (Å²) in [6.07, 6.45) is 3.50. The van der Waals surface area contributed by atoms with Crippen LogP contribution in [0.3, 0.4) is 0 Å². The normalized spacial score (nSPS) is 21.7. The van der Waals surface area contributed by atoms with Crippen molar-refractivity contribution in [2.24, 2.45) is 5.41 Å². The summed E-state index contributed by atoms with van der Waals surface area (Å²) in [5, 5.41) is 3.62. The highest BCUT2D eigenvalue weighted by molar-refractivity contribution is 6.32. The summed E-state index contributed by atoms with van der Waals surface area (Å²) in [6.45, 7) is 1.60. The Morgan fingerprint density at radius 3 is 2.68 bits per heavy atom. The molecule has 0 saturated heterocycles. The second-order valence-corrected chi connectivity index (χ2v) is 6.01. The van der Waals surface area contributed by atoms with Gasteiger partial charge in [0.25, 0.3) is 0 Å². The Balaban J connectivity index is 2.08. The highest BCUT2D eigenvalue weighted by Gasteiger charge is 2.34. The fourth-order valence-corrected chi connectivity index (χ4v) is 2.80. The second-order valence-electron chi connectivity index (χ2n) is 5.60. The van der Waals surface area contributed by atoms with Gasteiger partial charge >= 0.3 is 6.61 Å². The van der Waals surface area contributed by atoms with E-state index in [-0.39, 0.29) is 16.2 Å². The molecule has 0 heterocycles. The molecule has 1 unspecified atom stereocenters. The third-order valence-electron chi connectivity index (χ3n) is 3.75. The van der Waals surface area contributed by atoms with Gasteiger partial charge in [-0.05, 0) is 36.5 Å². The van der Waals surface area contributed by atoms with Crippen LogP contribution in [0.2, 0.25) is 5.02 Å². The van der Waals surface area contributed by atoms with E-state index in [9.17, 15) is 8.78 Å². The first kappa shape index (κ1) is 14.4. The van der Waals surface area contributed by atoms with E-state index in [0.717, 1.165) is 12.1 Å². The largest absolute Gasteiger partial charge is 0.433 e. The number of halogens is 3. The van der Waals surface area contributed by atoms with Crippen molar-refractivity contribution in [2.75, 3.05) is 5.32 Å². The zero-order chi connectivity index (χ0) is 14.0. The molecule has 1 N–H and O–H groups in total. The van der Waals surface area contributed by atoms with Gasteiger partial charge in [-0.1, -0.05) is 31.9 Å². The Labute approximate surface area is 117 Å². The van der Waals surface area contributed by atoms with Gasteiger partial charge in [0.1, 0.15) is 5.75 Å². The Bertz CT molecular complexity index is 451. The van der Waals surface area contributed by atoms with Gasteiger partial charge in [-0.2, -0.15) is 8.78 Å². The van der Waals surface area contributed by atoms with E-state index >= 15 is 0 Å². The number of anilines is 1. The Morgan fingerprint density at radius 1 is 1.42 bits per heavy atom. The van der Waals surface area contributed by atoms with E-state index < -0.39 is 6.61 Å². The quantitative estimate of drug-likeness (QED) is 0.848. The van der Waals surface area contributed by atoms with Crippen molar-refractivity contribution in [3.05, 3.63) is 23.2 Å². The van der Waals surface area contributed by atoms with Crippen molar-refractivity contribution in [1.29, 1.82) is 0 Å². The van der Waals surface area contributed by atoms with Crippen molar-refractivity contribution in [2.45, 2.75) is 45.8 Å². The standard InChI is InChI=1S/C14H18ClF2NO/c1-14(2)7-3-4-12(14)18-9-5-6-11(10(15)8-9)19-13(16)17/h5-6,8,12-13,18H,3-4,7H2,1-2H3. The fourth-order valence-electron chi connectivity index (χ4n) is 2.58. The lowest BCUT2D eigenvalue weighted by molar-refractivity contribution is -0.0497. The number of ether oxygens (including phenoxy) is 1. The minimum Gasteiger partial charge on any atom is -0.433 e. The van der Waals surface area contributed by atoms with Crippen LogP contribution in [0.5, 0.6) is 5.75 Å². The summed E-state index contributed by atoms with van der Waals surface area (Å²) < 4.78 is 28.6. The zero-order valence-corrected chi connectivity index (χ0v) is 11.8. The van der Waals surface area contributed by atoms with Gasteiger partial charge in [0.2, 0.25) is 0 Å². The number of alkyl halides is 2. The lowest BCUT2D eigenvalue weighted by Gasteiger charge is -2.28. The average molecular weight is 290 g/mol. The molecule has 106 valence electrons. The molecule has 0 amide bonds. The van der Waals surface area contributed by atoms with Gasteiger partial charge in [0.15, 0.2) is 0 Å². The maximum atomic E-state index is 12.1. The Hall–Kier alpha value is -1.03. The number of hydrogen-bond acceptors (Lipinski definition) is 2. The van der Waals surface area contributed by atoms with Gasteiger partial charge in [0, 0.05) is 11.7 Å². The topological polar surface area (TPSA) is 21.3 Å². The van der Waals surface area contributed by atoms with Crippen LogP contribution in [0.1, 0.15) is 33.1 Å². The highest BCUT2D eigenvalue weighted by Crippen LogP contribution is 2.39. The minimum atomic E-state index is -2.86. The maximum absolute atomic E-state index is 12.1. The van der Waals surface area contributed by atoms with Crippen LogP contribution >= 0.6 is 11.6 Å². The molecular weight excluding hydrogens is 272 g/mol. The molecule has 0 aromatic heterocycles. The van der Waals surface area contributed by atoms with E-state index in [2.05, 4.69) is 23.9 Å². The minimum absolute atomic E-state index is 0.00731. The maximum Gasteiger partial charge on any atom is 0.387 e. The van der Waals surface area contributed by atoms with Crippen LogP contribution in [-0.2, 0) is 0 Å². The van der Waals surface area contributed by atoms with Crippen molar-refractivity contribution in [1.82, 2.24) is 0 Å². The molecule has 2 rings (SSSR count). The van der Waals surface area contributed by atoms with E-state index in [4.69, 9.17) is 11.6 Å². The molecule has 0 spiro atoms. The van der Waals surface area contributed by atoms with Gasteiger partial charge in [-0.15, -0.1) is 0 Å². The summed E-state index contributed by atoms with van der Waals surface area (Å²) in [5.74, 6) is 0.00731. The average Bonchev–Trinajstić information content (AvgIpc) is 2.62. The summed E-state index contributed by atoms with van der Waals surface area (Å²) in [6, 6.07) is 5.20. The Kier molecular flexibility index (Phi) is 4.19. The molecule has 0 bridgehead atoms. The summed E-state index contributed by atoms with van der Waals surface area (Å²) >= 11 is 5.93.